The standard InChI is InChI=1S/C37H44ClF3N8O3S/c1-49-31(18-23-20-45-28-10-3-2-9-24(23)28)34(51)47-21-25-26(37(39,40)41)13-14-27(38)32(25)53-35-22(8-7-17-44-35)19-46-29(12-6-16-43)33(50)48-30(36(49)52)11-4-5-15-42/h2-3,7-10,13-14,17,20,29-31,45-46H,4-6,11-12,15-16,18-19,21,42-43H2,1H3,(H,47,51)(H,48,50)/t29-,30-,31-/m0/s1. The molecule has 0 aliphatic carbocycles. The van der Waals surface area contributed by atoms with Crippen molar-refractivity contribution in [3.8, 4) is 0 Å². The minimum atomic E-state index is -4.78. The highest BCUT2D eigenvalue weighted by Gasteiger charge is 2.37. The second-order valence-electron chi connectivity index (χ2n) is 12.9. The predicted octanol–water partition coefficient (Wildman–Crippen LogP) is 4.90. The van der Waals surface area contributed by atoms with E-state index < -0.39 is 54.1 Å². The zero-order valence-electron chi connectivity index (χ0n) is 29.3. The number of unbranched alkanes of at least 4 members (excludes halogenated alkanes) is 1. The van der Waals surface area contributed by atoms with Crippen LogP contribution in [0.4, 0.5) is 13.2 Å². The number of likely N-dealkylation sites (N-methyl/N-ethyl adjacent to an activating group) is 1. The number of pyridine rings is 1. The lowest BCUT2D eigenvalue weighted by atomic mass is 10.0. The first-order chi connectivity index (χ1) is 25.4. The number of H-pyrrole nitrogens is 1. The van der Waals surface area contributed by atoms with Gasteiger partial charge in [-0.2, -0.15) is 13.2 Å². The first kappa shape index (κ1) is 40.0. The minimum absolute atomic E-state index is 0.0306. The maximum Gasteiger partial charge on any atom is 0.416 e. The van der Waals surface area contributed by atoms with Gasteiger partial charge < -0.3 is 37.3 Å². The van der Waals surface area contributed by atoms with Gasteiger partial charge in [0.2, 0.25) is 17.7 Å². The Bertz CT molecular complexity index is 1910. The van der Waals surface area contributed by atoms with Crippen LogP contribution in [0.2, 0.25) is 5.02 Å². The molecule has 16 heteroatoms. The Kier molecular flexibility index (Phi) is 13.8. The monoisotopic (exact) mass is 772 g/mol. The molecule has 1 aliphatic heterocycles. The molecular weight excluding hydrogens is 729 g/mol. The van der Waals surface area contributed by atoms with E-state index in [-0.39, 0.29) is 34.9 Å². The van der Waals surface area contributed by atoms with Crippen molar-refractivity contribution in [2.24, 2.45) is 11.5 Å². The second-order valence-corrected chi connectivity index (χ2v) is 14.3. The van der Waals surface area contributed by atoms with E-state index in [4.69, 9.17) is 23.1 Å². The summed E-state index contributed by atoms with van der Waals surface area (Å²) >= 11 is 7.55. The highest BCUT2D eigenvalue weighted by Crippen LogP contribution is 2.43. The molecule has 3 amide bonds. The number of halogens is 4. The molecule has 0 bridgehead atoms. The maximum absolute atomic E-state index is 14.6. The lowest BCUT2D eigenvalue weighted by molar-refractivity contribution is -0.142. The minimum Gasteiger partial charge on any atom is -0.361 e. The van der Waals surface area contributed by atoms with Crippen LogP contribution in [-0.4, -0.2) is 70.9 Å². The van der Waals surface area contributed by atoms with Crippen molar-refractivity contribution < 1.29 is 27.6 Å². The van der Waals surface area contributed by atoms with Crippen LogP contribution >= 0.6 is 23.4 Å². The van der Waals surface area contributed by atoms with Crippen LogP contribution in [0.3, 0.4) is 0 Å². The Morgan fingerprint density at radius 2 is 1.70 bits per heavy atom. The molecule has 0 spiro atoms. The van der Waals surface area contributed by atoms with Crippen LogP contribution in [0.25, 0.3) is 10.9 Å². The molecule has 8 N–H and O–H groups in total. The fourth-order valence-corrected chi connectivity index (χ4v) is 7.75. The number of nitrogens with one attached hydrogen (secondary N) is 4. The SMILES string of the molecule is CN1C(=O)[C@H](CCCCN)NC(=O)[C@H](CCCN)NCc2cccnc2Sc2c(Cl)ccc(C(F)(F)F)c2CNC(=O)[C@@H]1Cc1c[nH]c2ccccc12. The lowest BCUT2D eigenvalue weighted by Gasteiger charge is -2.32. The number of benzene rings is 2. The Morgan fingerprint density at radius 3 is 2.45 bits per heavy atom. The lowest BCUT2D eigenvalue weighted by Crippen LogP contribution is -2.57. The number of nitrogens with zero attached hydrogens (tertiary/aromatic N) is 2. The molecule has 1 aliphatic rings. The fraction of sp³-hybridized carbons (Fsp3) is 0.405. The molecule has 0 saturated heterocycles. The first-order valence-electron chi connectivity index (χ1n) is 17.5. The molecular formula is C37H44ClF3N8O3S. The summed E-state index contributed by atoms with van der Waals surface area (Å²) in [5.41, 5.74) is 12.5. The van der Waals surface area contributed by atoms with Gasteiger partial charge >= 0.3 is 6.18 Å². The molecule has 2 aromatic carbocycles. The van der Waals surface area contributed by atoms with Crippen molar-refractivity contribution in [3.05, 3.63) is 88.2 Å². The number of para-hydroxylation sites is 1. The van der Waals surface area contributed by atoms with E-state index in [0.29, 0.717) is 49.4 Å². The van der Waals surface area contributed by atoms with Crippen LogP contribution in [0.1, 0.15) is 54.4 Å². The number of carbonyl (C=O) groups excluding carboxylic acids is 3. The summed E-state index contributed by atoms with van der Waals surface area (Å²) in [6.07, 6.45) is 0.731. The van der Waals surface area contributed by atoms with Gasteiger partial charge in [0.05, 0.1) is 16.6 Å². The third kappa shape index (κ3) is 9.89. The average Bonchev–Trinajstić information content (AvgIpc) is 3.55. The number of nitrogens with two attached hydrogens (primary N) is 2. The third-order valence-corrected chi connectivity index (χ3v) is 11.0. The molecule has 11 nitrogen and oxygen atoms in total. The first-order valence-corrected chi connectivity index (χ1v) is 18.7. The Balaban J connectivity index is 1.63. The normalized spacial score (nSPS) is 19.3. The third-order valence-electron chi connectivity index (χ3n) is 9.33. The highest BCUT2D eigenvalue weighted by molar-refractivity contribution is 7.99. The van der Waals surface area contributed by atoms with Crippen molar-refractivity contribution in [2.45, 2.75) is 85.8 Å². The zero-order valence-corrected chi connectivity index (χ0v) is 30.8. The number of aromatic amines is 1. The predicted molar refractivity (Wildman–Crippen MR) is 199 cm³/mol. The van der Waals surface area contributed by atoms with Gasteiger partial charge in [-0.25, -0.2) is 4.98 Å². The van der Waals surface area contributed by atoms with E-state index in [1.165, 1.54) is 24.2 Å². The summed E-state index contributed by atoms with van der Waals surface area (Å²) in [6.45, 7) is 0.289. The Hall–Kier alpha value is -4.15. The average molecular weight is 773 g/mol. The summed E-state index contributed by atoms with van der Waals surface area (Å²) in [5.74, 6) is -1.64. The van der Waals surface area contributed by atoms with Crippen molar-refractivity contribution in [2.75, 3.05) is 20.1 Å². The van der Waals surface area contributed by atoms with Crippen LogP contribution in [0, 0.1) is 0 Å². The molecule has 2 aromatic heterocycles. The van der Waals surface area contributed by atoms with Crippen LogP contribution in [-0.2, 0) is 40.1 Å². The van der Waals surface area contributed by atoms with E-state index in [2.05, 4.69) is 25.9 Å². The highest BCUT2D eigenvalue weighted by atomic mass is 35.5. The van der Waals surface area contributed by atoms with E-state index in [1.807, 2.05) is 24.3 Å². The summed E-state index contributed by atoms with van der Waals surface area (Å²) in [4.78, 5) is 51.5. The van der Waals surface area contributed by atoms with Crippen molar-refractivity contribution in [3.63, 3.8) is 0 Å². The number of hydrogen-bond donors (Lipinski definition) is 6. The summed E-state index contributed by atoms with van der Waals surface area (Å²) in [7, 11) is 1.46. The van der Waals surface area contributed by atoms with Crippen molar-refractivity contribution in [1.29, 1.82) is 0 Å². The molecule has 284 valence electrons. The van der Waals surface area contributed by atoms with Gasteiger partial charge in [0, 0.05) is 54.8 Å². The van der Waals surface area contributed by atoms with Gasteiger partial charge in [-0.15, -0.1) is 0 Å². The number of hydrogen-bond acceptors (Lipinski definition) is 8. The molecule has 53 heavy (non-hydrogen) atoms. The van der Waals surface area contributed by atoms with Gasteiger partial charge in [0.25, 0.3) is 0 Å². The number of rotatable bonds is 9. The van der Waals surface area contributed by atoms with Crippen LogP contribution in [0.15, 0.2) is 70.8 Å². The van der Waals surface area contributed by atoms with Gasteiger partial charge in [0.1, 0.15) is 17.1 Å². The molecule has 0 unspecified atom stereocenters. The Labute approximate surface area is 315 Å². The fourth-order valence-electron chi connectivity index (χ4n) is 6.41. The molecule has 5 rings (SSSR count). The van der Waals surface area contributed by atoms with E-state index >= 15 is 0 Å². The number of alkyl halides is 3. The zero-order chi connectivity index (χ0) is 38.1. The smallest absolute Gasteiger partial charge is 0.361 e. The largest absolute Gasteiger partial charge is 0.416 e. The second kappa shape index (κ2) is 18.3. The quantitative estimate of drug-likeness (QED) is 0.131. The maximum atomic E-state index is 14.6. The van der Waals surface area contributed by atoms with E-state index in [1.54, 1.807) is 18.3 Å². The van der Waals surface area contributed by atoms with Crippen molar-refractivity contribution >= 4 is 52.0 Å². The van der Waals surface area contributed by atoms with Crippen molar-refractivity contribution in [1.82, 2.24) is 30.8 Å². The van der Waals surface area contributed by atoms with Gasteiger partial charge in [-0.05, 0) is 86.1 Å². The van der Waals surface area contributed by atoms with Gasteiger partial charge in [-0.3, -0.25) is 14.4 Å². The molecule has 4 aromatic rings. The molecule has 0 fully saturated rings. The molecule has 3 atom stereocenters. The number of amides is 3. The number of fused-ring (bicyclic) bond motifs is 3. The molecule has 3 heterocycles. The summed E-state index contributed by atoms with van der Waals surface area (Å²) in [5, 5.41) is 10.1. The number of carbonyl (C=O) groups is 3. The topological polar surface area (TPSA) is 171 Å². The van der Waals surface area contributed by atoms with Crippen LogP contribution < -0.4 is 27.4 Å². The van der Waals surface area contributed by atoms with Gasteiger partial charge in [0.15, 0.2) is 0 Å². The summed E-state index contributed by atoms with van der Waals surface area (Å²) < 4.78 is 43.7. The molecule has 0 radical (unpaired) electrons. The Morgan fingerprint density at radius 1 is 0.943 bits per heavy atom. The van der Waals surface area contributed by atoms with Gasteiger partial charge in [-0.1, -0.05) is 47.6 Å². The number of aromatic nitrogens is 2. The van der Waals surface area contributed by atoms with Crippen LogP contribution in [0.5, 0.6) is 0 Å². The summed E-state index contributed by atoms with van der Waals surface area (Å²) in [6, 6.07) is 9.98. The van der Waals surface area contributed by atoms with E-state index in [0.717, 1.165) is 34.3 Å². The molecule has 0 saturated carbocycles. The van der Waals surface area contributed by atoms with E-state index in [9.17, 15) is 27.6 Å².